The number of hydrogen-bond acceptors (Lipinski definition) is 5. The van der Waals surface area contributed by atoms with E-state index >= 15 is 0 Å². The van der Waals surface area contributed by atoms with Gasteiger partial charge in [-0.2, -0.15) is 0 Å². The van der Waals surface area contributed by atoms with Gasteiger partial charge in [0, 0.05) is 6.20 Å². The van der Waals surface area contributed by atoms with Gasteiger partial charge in [-0.3, -0.25) is 0 Å². The van der Waals surface area contributed by atoms with Crippen LogP contribution in [0.4, 0.5) is 5.82 Å². The quantitative estimate of drug-likeness (QED) is 0.768. The number of aromatic amines is 1. The number of nitrogens with one attached hydrogen (secondary N) is 2. The number of aromatic nitrogens is 3. The highest BCUT2D eigenvalue weighted by molar-refractivity contribution is 5.86. The lowest BCUT2D eigenvalue weighted by Crippen LogP contribution is -2.19. The Hall–Kier alpha value is -2.76. The molecule has 6 heteroatoms. The van der Waals surface area contributed by atoms with Gasteiger partial charge in [0.25, 0.3) is 0 Å². The molecule has 0 fully saturated rings. The summed E-state index contributed by atoms with van der Waals surface area (Å²) in [7, 11) is 0. The van der Waals surface area contributed by atoms with Crippen LogP contribution in [0, 0.1) is 5.92 Å². The fourth-order valence-corrected chi connectivity index (χ4v) is 3.02. The molecule has 24 heavy (non-hydrogen) atoms. The lowest BCUT2D eigenvalue weighted by atomic mass is 9.95. The summed E-state index contributed by atoms with van der Waals surface area (Å²) >= 11 is 0. The molecule has 124 valence electrons. The SMILES string of the molecule is CC(C)[C@H](Nc1ncnc2[nH]ccc12)c1ccc2c(c1)OCCO2. The fourth-order valence-electron chi connectivity index (χ4n) is 3.02. The molecule has 1 aromatic carbocycles. The van der Waals surface area contributed by atoms with E-state index in [-0.39, 0.29) is 6.04 Å². The maximum Gasteiger partial charge on any atom is 0.161 e. The zero-order valence-electron chi connectivity index (χ0n) is 13.7. The standard InChI is InChI=1S/C18H20N4O2/c1-11(2)16(12-3-4-14-15(9-12)24-8-7-23-14)22-18-13-5-6-19-17(13)20-10-21-18/h3-6,9-11,16H,7-8H2,1-2H3,(H2,19,20,21,22)/t16-/m0/s1. The van der Waals surface area contributed by atoms with Crippen molar-refractivity contribution in [2.24, 2.45) is 5.92 Å². The summed E-state index contributed by atoms with van der Waals surface area (Å²) in [6, 6.07) is 8.21. The van der Waals surface area contributed by atoms with E-state index in [1.54, 1.807) is 6.33 Å². The molecule has 0 saturated heterocycles. The van der Waals surface area contributed by atoms with Crippen molar-refractivity contribution in [2.75, 3.05) is 18.5 Å². The summed E-state index contributed by atoms with van der Waals surface area (Å²) in [6.45, 7) is 5.56. The summed E-state index contributed by atoms with van der Waals surface area (Å²) in [6.07, 6.45) is 3.45. The number of H-pyrrole nitrogens is 1. The number of rotatable bonds is 4. The second-order valence-electron chi connectivity index (χ2n) is 6.23. The van der Waals surface area contributed by atoms with E-state index in [0.29, 0.717) is 19.1 Å². The molecule has 3 heterocycles. The van der Waals surface area contributed by atoms with Gasteiger partial charge >= 0.3 is 0 Å². The molecule has 1 aliphatic rings. The fraction of sp³-hybridized carbons (Fsp3) is 0.333. The maximum absolute atomic E-state index is 5.72. The van der Waals surface area contributed by atoms with Gasteiger partial charge in [0.15, 0.2) is 11.5 Å². The normalized spacial score (nSPS) is 14.8. The van der Waals surface area contributed by atoms with E-state index in [9.17, 15) is 0 Å². The summed E-state index contributed by atoms with van der Waals surface area (Å²) < 4.78 is 11.3. The summed E-state index contributed by atoms with van der Waals surface area (Å²) in [4.78, 5) is 11.8. The van der Waals surface area contributed by atoms with E-state index in [1.165, 1.54) is 0 Å². The lowest BCUT2D eigenvalue weighted by Gasteiger charge is -2.26. The maximum atomic E-state index is 5.72. The Kier molecular flexibility index (Phi) is 3.72. The summed E-state index contributed by atoms with van der Waals surface area (Å²) in [5.74, 6) is 2.81. The Morgan fingerprint density at radius 3 is 2.75 bits per heavy atom. The molecular formula is C18H20N4O2. The van der Waals surface area contributed by atoms with Crippen LogP contribution in [0.5, 0.6) is 11.5 Å². The Labute approximate surface area is 140 Å². The van der Waals surface area contributed by atoms with Crippen LogP contribution in [0.1, 0.15) is 25.5 Å². The van der Waals surface area contributed by atoms with Gasteiger partial charge in [0.05, 0.1) is 11.4 Å². The highest BCUT2D eigenvalue weighted by Crippen LogP contribution is 2.36. The molecule has 0 spiro atoms. The molecule has 0 amide bonds. The summed E-state index contributed by atoms with van der Waals surface area (Å²) in [5.41, 5.74) is 1.98. The molecule has 0 bridgehead atoms. The van der Waals surface area contributed by atoms with Gasteiger partial charge in [-0.05, 0) is 29.7 Å². The van der Waals surface area contributed by atoms with Gasteiger partial charge in [-0.15, -0.1) is 0 Å². The van der Waals surface area contributed by atoms with E-state index in [1.807, 2.05) is 18.3 Å². The Morgan fingerprint density at radius 2 is 1.92 bits per heavy atom. The molecule has 2 aromatic heterocycles. The van der Waals surface area contributed by atoms with E-state index in [0.717, 1.165) is 33.9 Å². The minimum atomic E-state index is 0.105. The molecule has 3 aromatic rings. The molecule has 0 saturated carbocycles. The van der Waals surface area contributed by atoms with Crippen molar-refractivity contribution in [1.82, 2.24) is 15.0 Å². The van der Waals surface area contributed by atoms with Crippen molar-refractivity contribution >= 4 is 16.9 Å². The highest BCUT2D eigenvalue weighted by atomic mass is 16.6. The smallest absolute Gasteiger partial charge is 0.161 e. The largest absolute Gasteiger partial charge is 0.486 e. The topological polar surface area (TPSA) is 72.1 Å². The third-order valence-electron chi connectivity index (χ3n) is 4.24. The molecule has 1 aliphatic heterocycles. The first-order chi connectivity index (χ1) is 11.7. The Morgan fingerprint density at radius 1 is 1.08 bits per heavy atom. The Balaban J connectivity index is 1.69. The van der Waals surface area contributed by atoms with Gasteiger partial charge in [-0.1, -0.05) is 19.9 Å². The van der Waals surface area contributed by atoms with Gasteiger partial charge in [0.2, 0.25) is 0 Å². The molecule has 0 aliphatic carbocycles. The predicted octanol–water partition coefficient (Wildman–Crippen LogP) is 3.54. The van der Waals surface area contributed by atoms with Gasteiger partial charge < -0.3 is 19.8 Å². The van der Waals surface area contributed by atoms with E-state index in [2.05, 4.69) is 46.2 Å². The van der Waals surface area contributed by atoms with Crippen LogP contribution in [0.15, 0.2) is 36.8 Å². The van der Waals surface area contributed by atoms with Crippen molar-refractivity contribution in [3.63, 3.8) is 0 Å². The minimum absolute atomic E-state index is 0.105. The van der Waals surface area contributed by atoms with Crippen LogP contribution in [-0.2, 0) is 0 Å². The Bertz CT molecular complexity index is 859. The molecular weight excluding hydrogens is 304 g/mol. The number of ether oxygens (including phenoxy) is 2. The van der Waals surface area contributed by atoms with Gasteiger partial charge in [0.1, 0.15) is 31.0 Å². The van der Waals surface area contributed by atoms with Crippen LogP contribution in [-0.4, -0.2) is 28.2 Å². The molecule has 1 atom stereocenters. The van der Waals surface area contributed by atoms with Crippen molar-refractivity contribution in [1.29, 1.82) is 0 Å². The number of fused-ring (bicyclic) bond motifs is 2. The first kappa shape index (κ1) is 14.8. The number of anilines is 1. The first-order valence-electron chi connectivity index (χ1n) is 8.16. The number of hydrogen-bond donors (Lipinski definition) is 2. The van der Waals surface area contributed by atoms with E-state index in [4.69, 9.17) is 9.47 Å². The number of nitrogens with zero attached hydrogens (tertiary/aromatic N) is 2. The monoisotopic (exact) mass is 324 g/mol. The molecule has 4 rings (SSSR count). The molecule has 6 nitrogen and oxygen atoms in total. The van der Waals surface area contributed by atoms with Crippen molar-refractivity contribution in [3.05, 3.63) is 42.4 Å². The average Bonchev–Trinajstić information content (AvgIpc) is 3.08. The van der Waals surface area contributed by atoms with Crippen molar-refractivity contribution in [2.45, 2.75) is 19.9 Å². The summed E-state index contributed by atoms with van der Waals surface area (Å²) in [5, 5.41) is 4.55. The molecule has 0 unspecified atom stereocenters. The van der Waals surface area contributed by atoms with Gasteiger partial charge in [-0.25, -0.2) is 9.97 Å². The van der Waals surface area contributed by atoms with Crippen LogP contribution >= 0.6 is 0 Å². The zero-order valence-corrected chi connectivity index (χ0v) is 13.7. The number of benzene rings is 1. The van der Waals surface area contributed by atoms with Crippen LogP contribution in [0.3, 0.4) is 0 Å². The zero-order chi connectivity index (χ0) is 16.5. The second-order valence-corrected chi connectivity index (χ2v) is 6.23. The van der Waals surface area contributed by atoms with E-state index < -0.39 is 0 Å². The second kappa shape index (κ2) is 6.03. The average molecular weight is 324 g/mol. The highest BCUT2D eigenvalue weighted by Gasteiger charge is 2.21. The molecule has 0 radical (unpaired) electrons. The third kappa shape index (κ3) is 2.64. The van der Waals surface area contributed by atoms with Crippen LogP contribution in [0.2, 0.25) is 0 Å². The minimum Gasteiger partial charge on any atom is -0.486 e. The molecule has 2 N–H and O–H groups in total. The lowest BCUT2D eigenvalue weighted by molar-refractivity contribution is 0.171. The third-order valence-corrected chi connectivity index (χ3v) is 4.24. The van der Waals surface area contributed by atoms with Crippen LogP contribution < -0.4 is 14.8 Å². The van der Waals surface area contributed by atoms with Crippen molar-refractivity contribution in [3.8, 4) is 11.5 Å². The predicted molar refractivity (Wildman–Crippen MR) is 92.5 cm³/mol. The van der Waals surface area contributed by atoms with Crippen molar-refractivity contribution < 1.29 is 9.47 Å². The van der Waals surface area contributed by atoms with Crippen LogP contribution in [0.25, 0.3) is 11.0 Å². The first-order valence-corrected chi connectivity index (χ1v) is 8.16.